The lowest BCUT2D eigenvalue weighted by atomic mass is 9.60. The van der Waals surface area contributed by atoms with Crippen LogP contribution in [0.25, 0.3) is 44.5 Å². The average Bonchev–Trinajstić information content (AvgIpc) is 3.16. The molecule has 0 amide bonds. The van der Waals surface area contributed by atoms with E-state index in [0.717, 1.165) is 78.0 Å². The average molecular weight is 632 g/mol. The molecule has 4 nitrogen and oxygen atoms in total. The van der Waals surface area contributed by atoms with Crippen molar-refractivity contribution >= 4 is 42.9 Å². The van der Waals surface area contributed by atoms with E-state index < -0.39 is 0 Å². The van der Waals surface area contributed by atoms with Crippen molar-refractivity contribution in [3.63, 3.8) is 0 Å². The van der Waals surface area contributed by atoms with E-state index in [1.54, 1.807) is 19.2 Å². The van der Waals surface area contributed by atoms with Crippen molar-refractivity contribution in [2.75, 3.05) is 12.4 Å². The molecule has 6 heteroatoms. The Hall–Kier alpha value is -5.97. The van der Waals surface area contributed by atoms with Gasteiger partial charge in [0.2, 0.25) is 0 Å². The first kappa shape index (κ1) is 31.6. The number of hydrogen-bond acceptors (Lipinski definition) is 4. The number of ether oxygens (including phenoxy) is 1. The Kier molecular flexibility index (Phi) is 9.31. The fourth-order valence-electron chi connectivity index (χ4n) is 6.07. The molecule has 0 aliphatic rings. The van der Waals surface area contributed by atoms with Crippen LogP contribution in [0.3, 0.4) is 0 Å². The first-order valence-electron chi connectivity index (χ1n) is 16.0. The van der Waals surface area contributed by atoms with E-state index in [1.165, 1.54) is 0 Å². The first-order valence-corrected chi connectivity index (χ1v) is 16.0. The van der Waals surface area contributed by atoms with Crippen LogP contribution >= 0.6 is 0 Å². The molecular weight excluding hydrogens is 600 g/mol. The van der Waals surface area contributed by atoms with Crippen molar-refractivity contribution in [3.8, 4) is 56.0 Å². The molecule has 2 N–H and O–H groups in total. The lowest BCUT2D eigenvalue weighted by molar-refractivity contribution is -0.137. The minimum atomic E-state index is 0.400. The van der Waals surface area contributed by atoms with Crippen molar-refractivity contribution < 1.29 is 14.9 Å². The van der Waals surface area contributed by atoms with E-state index in [9.17, 15) is 0 Å². The third kappa shape index (κ3) is 7.15. The van der Waals surface area contributed by atoms with Gasteiger partial charge in [0.15, 0.2) is 13.0 Å². The van der Waals surface area contributed by atoms with Crippen molar-refractivity contribution in [1.29, 1.82) is 0 Å². The van der Waals surface area contributed by atoms with Gasteiger partial charge in [-0.3, -0.25) is 0 Å². The molecule has 7 aromatic rings. The Bertz CT molecular complexity index is 2220. The van der Waals surface area contributed by atoms with Gasteiger partial charge in [0.05, 0.1) is 7.11 Å². The van der Waals surface area contributed by atoms with E-state index in [1.807, 2.05) is 54.6 Å². The number of anilines is 2. The van der Waals surface area contributed by atoms with Crippen LogP contribution < -0.4 is 31.3 Å². The maximum Gasteiger partial charge on any atom is 0.195 e. The summed E-state index contributed by atoms with van der Waals surface area (Å²) in [7, 11) is 10.2. The number of rotatable bonds is 10. The smallest absolute Gasteiger partial charge is 0.195 e. The Morgan fingerprint density at radius 1 is 0.510 bits per heavy atom. The van der Waals surface area contributed by atoms with Gasteiger partial charge in [0.1, 0.15) is 13.6 Å². The Morgan fingerprint density at radius 3 is 1.82 bits per heavy atom. The molecule has 0 saturated carbocycles. The van der Waals surface area contributed by atoms with Crippen LogP contribution in [0.5, 0.6) is 11.5 Å². The van der Waals surface area contributed by atoms with E-state index in [-0.39, 0.29) is 0 Å². The Balaban J connectivity index is 1.27. The SMILES string of the molecule is [B]c1ccccc1-c1cccc(Nc2ccc(-c3ccc(OC)cc3)cc2[B]c2ccccc2-c2cccc(-c3ccc(OO)cc3)c2)c1. The maximum atomic E-state index is 9.00. The summed E-state index contributed by atoms with van der Waals surface area (Å²) < 4.78 is 5.40. The zero-order valence-corrected chi connectivity index (χ0v) is 27.0. The first-order chi connectivity index (χ1) is 24.1. The quantitative estimate of drug-likeness (QED) is 0.0904. The summed E-state index contributed by atoms with van der Waals surface area (Å²) in [5, 5.41) is 12.7. The lowest BCUT2D eigenvalue weighted by Crippen LogP contribution is -2.30. The van der Waals surface area contributed by atoms with E-state index in [0.29, 0.717) is 5.75 Å². The second-order valence-electron chi connectivity index (χ2n) is 11.8. The summed E-state index contributed by atoms with van der Waals surface area (Å²) in [6, 6.07) is 55.2. The number of nitrogens with one attached hydrogen (secondary N) is 1. The van der Waals surface area contributed by atoms with Gasteiger partial charge in [0, 0.05) is 11.4 Å². The largest absolute Gasteiger partial charge is 0.497 e. The van der Waals surface area contributed by atoms with Crippen LogP contribution in [0, 0.1) is 0 Å². The number of hydrogen-bond donors (Lipinski definition) is 2. The topological polar surface area (TPSA) is 50.7 Å². The number of methoxy groups -OCH3 is 1. The van der Waals surface area contributed by atoms with Gasteiger partial charge >= 0.3 is 0 Å². The molecule has 0 saturated heterocycles. The fourth-order valence-corrected chi connectivity index (χ4v) is 6.07. The molecule has 233 valence electrons. The molecule has 7 aromatic carbocycles. The van der Waals surface area contributed by atoms with Gasteiger partial charge in [-0.2, -0.15) is 0 Å². The second-order valence-corrected chi connectivity index (χ2v) is 11.8. The fraction of sp³-hybridized carbons (Fsp3) is 0.0233. The molecule has 0 fully saturated rings. The third-order valence-corrected chi connectivity index (χ3v) is 8.63. The molecule has 0 aromatic heterocycles. The highest BCUT2D eigenvalue weighted by Gasteiger charge is 2.14. The second kappa shape index (κ2) is 14.4. The van der Waals surface area contributed by atoms with Crippen molar-refractivity contribution in [3.05, 3.63) is 164 Å². The summed E-state index contributed by atoms with van der Waals surface area (Å²) in [4.78, 5) is 4.38. The molecule has 7 rings (SSSR count). The summed E-state index contributed by atoms with van der Waals surface area (Å²) in [5.41, 5.74) is 13.4. The molecule has 0 spiro atoms. The van der Waals surface area contributed by atoms with Crippen LogP contribution in [0.2, 0.25) is 0 Å². The van der Waals surface area contributed by atoms with Gasteiger partial charge in [-0.1, -0.05) is 132 Å². The lowest BCUT2D eigenvalue weighted by Gasteiger charge is -2.17. The molecule has 0 heterocycles. The van der Waals surface area contributed by atoms with Crippen LogP contribution in [-0.2, 0) is 0 Å². The highest BCUT2D eigenvalue weighted by atomic mass is 17.1. The van der Waals surface area contributed by atoms with Gasteiger partial charge in [-0.15, -0.1) is 0 Å². The van der Waals surface area contributed by atoms with Crippen LogP contribution in [0.4, 0.5) is 11.4 Å². The van der Waals surface area contributed by atoms with E-state index in [2.05, 4.69) is 115 Å². The highest BCUT2D eigenvalue weighted by Crippen LogP contribution is 2.29. The van der Waals surface area contributed by atoms with Crippen molar-refractivity contribution in [2.24, 2.45) is 0 Å². The van der Waals surface area contributed by atoms with Crippen molar-refractivity contribution in [2.45, 2.75) is 0 Å². The highest BCUT2D eigenvalue weighted by molar-refractivity contribution is 6.70. The predicted octanol–water partition coefficient (Wildman–Crippen LogP) is 8.41. The van der Waals surface area contributed by atoms with E-state index >= 15 is 0 Å². The molecule has 0 unspecified atom stereocenters. The molecule has 0 atom stereocenters. The standard InChI is InChI=1S/C43H32B2NO3/c1-48-36-21-16-30(17-22-36)32-20-25-43(46-35-11-7-10-34(27-35)38-12-2-4-14-40(38)44)42(28-32)45-41-15-5-3-13-39(41)33-9-6-8-31(26-33)29-18-23-37(49-47)24-19-29/h2-28,46-47H,1H3. The van der Waals surface area contributed by atoms with Gasteiger partial charge in [-0.25, -0.2) is 5.26 Å². The predicted molar refractivity (Wildman–Crippen MR) is 205 cm³/mol. The molecule has 0 bridgehead atoms. The normalized spacial score (nSPS) is 10.7. The van der Waals surface area contributed by atoms with Gasteiger partial charge in [0.25, 0.3) is 0 Å². The van der Waals surface area contributed by atoms with Crippen LogP contribution in [0.15, 0.2) is 164 Å². The zero-order valence-electron chi connectivity index (χ0n) is 27.0. The number of benzene rings is 7. The van der Waals surface area contributed by atoms with Crippen molar-refractivity contribution in [1.82, 2.24) is 0 Å². The molecule has 0 aliphatic heterocycles. The van der Waals surface area contributed by atoms with Gasteiger partial charge < -0.3 is 14.9 Å². The monoisotopic (exact) mass is 632 g/mol. The Labute approximate surface area is 289 Å². The van der Waals surface area contributed by atoms with Crippen LogP contribution in [0.1, 0.15) is 0 Å². The molecule has 3 radical (unpaired) electrons. The summed E-state index contributed by atoms with van der Waals surface area (Å²) >= 11 is 0. The summed E-state index contributed by atoms with van der Waals surface area (Å²) in [6.45, 7) is 0. The van der Waals surface area contributed by atoms with E-state index in [4.69, 9.17) is 17.8 Å². The maximum absolute atomic E-state index is 9.00. The molecular formula is C43H32B2NO3. The Morgan fingerprint density at radius 2 is 1.10 bits per heavy atom. The molecule has 49 heavy (non-hydrogen) atoms. The van der Waals surface area contributed by atoms with Crippen LogP contribution in [-0.4, -0.2) is 27.5 Å². The van der Waals surface area contributed by atoms with Gasteiger partial charge in [-0.05, 0) is 93.0 Å². The minimum Gasteiger partial charge on any atom is -0.497 e. The summed E-state index contributed by atoms with van der Waals surface area (Å²) in [6.07, 6.45) is 0. The minimum absolute atomic E-state index is 0.400. The zero-order chi connectivity index (χ0) is 33.6. The third-order valence-electron chi connectivity index (χ3n) is 8.63. The molecule has 0 aliphatic carbocycles. The summed E-state index contributed by atoms with van der Waals surface area (Å²) in [5.74, 6) is 1.22.